The van der Waals surface area contributed by atoms with Gasteiger partial charge in [-0.3, -0.25) is 0 Å². The number of rotatable bonds is 5. The molecule has 1 fully saturated rings. The Morgan fingerprint density at radius 1 is 1.62 bits per heavy atom. The maximum absolute atomic E-state index is 5.49. The molecule has 2 nitrogen and oxygen atoms in total. The van der Waals surface area contributed by atoms with Crippen LogP contribution < -0.4 is 5.32 Å². The molecule has 0 bridgehead atoms. The van der Waals surface area contributed by atoms with Crippen LogP contribution in [-0.4, -0.2) is 25.8 Å². The predicted octanol–water partition coefficient (Wildman–Crippen LogP) is 1.97. The topological polar surface area (TPSA) is 21.3 Å². The molecule has 0 aliphatic carbocycles. The molecule has 0 aromatic heterocycles. The van der Waals surface area contributed by atoms with E-state index >= 15 is 0 Å². The van der Waals surface area contributed by atoms with Gasteiger partial charge in [-0.15, -0.1) is 0 Å². The summed E-state index contributed by atoms with van der Waals surface area (Å²) in [6, 6.07) is 0. The number of hydrogen-bond acceptors (Lipinski definition) is 2. The average Bonchev–Trinajstić information content (AvgIpc) is 2.52. The predicted molar refractivity (Wildman–Crippen MR) is 55.8 cm³/mol. The fraction of sp³-hybridized carbons (Fsp3) is 0.818. The van der Waals surface area contributed by atoms with E-state index in [1.54, 1.807) is 0 Å². The highest BCUT2D eigenvalue weighted by atomic mass is 16.5. The summed E-state index contributed by atoms with van der Waals surface area (Å²) in [5.41, 5.74) is 1.28. The van der Waals surface area contributed by atoms with Crippen molar-refractivity contribution in [1.29, 1.82) is 0 Å². The molecular formula is C11H21NO. The molecule has 1 N–H and O–H groups in total. The Morgan fingerprint density at radius 2 is 2.38 bits per heavy atom. The van der Waals surface area contributed by atoms with Crippen LogP contribution in [0.3, 0.4) is 0 Å². The van der Waals surface area contributed by atoms with E-state index in [4.69, 9.17) is 4.74 Å². The van der Waals surface area contributed by atoms with Gasteiger partial charge in [0, 0.05) is 19.7 Å². The molecule has 76 valence electrons. The van der Waals surface area contributed by atoms with Crippen LogP contribution in [0.5, 0.6) is 0 Å². The second-order valence-corrected chi connectivity index (χ2v) is 3.86. The van der Waals surface area contributed by atoms with Crippen LogP contribution in [0.15, 0.2) is 12.2 Å². The second-order valence-electron chi connectivity index (χ2n) is 3.86. The lowest BCUT2D eigenvalue weighted by Crippen LogP contribution is -2.28. The molecule has 1 saturated heterocycles. The van der Waals surface area contributed by atoms with Gasteiger partial charge in [-0.1, -0.05) is 19.1 Å². The summed E-state index contributed by atoms with van der Waals surface area (Å²) >= 11 is 0. The van der Waals surface area contributed by atoms with Crippen molar-refractivity contribution in [3.8, 4) is 0 Å². The van der Waals surface area contributed by atoms with E-state index < -0.39 is 0 Å². The highest BCUT2D eigenvalue weighted by Gasteiger charge is 2.23. The van der Waals surface area contributed by atoms with Gasteiger partial charge in [0.25, 0.3) is 0 Å². The number of ether oxygens (including phenoxy) is 1. The van der Waals surface area contributed by atoms with Crippen LogP contribution in [0.2, 0.25) is 0 Å². The smallest absolute Gasteiger partial charge is 0.0588 e. The van der Waals surface area contributed by atoms with Crippen molar-refractivity contribution in [2.24, 2.45) is 5.92 Å². The van der Waals surface area contributed by atoms with E-state index in [-0.39, 0.29) is 0 Å². The molecule has 0 aromatic rings. The molecule has 1 heterocycles. The van der Waals surface area contributed by atoms with Crippen molar-refractivity contribution in [1.82, 2.24) is 5.32 Å². The Labute approximate surface area is 81.4 Å². The Kier molecular flexibility index (Phi) is 4.46. The minimum Gasteiger partial charge on any atom is -0.378 e. The van der Waals surface area contributed by atoms with Gasteiger partial charge in [0.15, 0.2) is 0 Å². The average molecular weight is 183 g/mol. The van der Waals surface area contributed by atoms with Crippen molar-refractivity contribution in [2.75, 3.05) is 19.7 Å². The van der Waals surface area contributed by atoms with E-state index in [1.807, 2.05) is 0 Å². The van der Waals surface area contributed by atoms with Gasteiger partial charge in [-0.05, 0) is 25.7 Å². The molecule has 2 unspecified atom stereocenters. The van der Waals surface area contributed by atoms with Crippen molar-refractivity contribution in [3.05, 3.63) is 12.2 Å². The lowest BCUT2D eigenvalue weighted by atomic mass is 10.0. The van der Waals surface area contributed by atoms with Crippen LogP contribution in [-0.2, 0) is 4.74 Å². The molecule has 2 atom stereocenters. The Balaban J connectivity index is 2.08. The molecule has 0 spiro atoms. The van der Waals surface area contributed by atoms with Gasteiger partial charge in [-0.25, -0.2) is 0 Å². The standard InChI is InChI=1S/C11H21NO/c1-4-9(2)7-12-8-11-5-6-13-10(11)3/h10-12H,2,4-8H2,1,3H3. The minimum atomic E-state index is 0.433. The van der Waals surface area contributed by atoms with Crippen LogP contribution in [0, 0.1) is 5.92 Å². The molecule has 1 aliphatic rings. The zero-order chi connectivity index (χ0) is 9.68. The molecular weight excluding hydrogens is 162 g/mol. The van der Waals surface area contributed by atoms with Gasteiger partial charge in [0.2, 0.25) is 0 Å². The number of nitrogens with one attached hydrogen (secondary N) is 1. The van der Waals surface area contributed by atoms with Gasteiger partial charge in [0.1, 0.15) is 0 Å². The third-order valence-corrected chi connectivity index (χ3v) is 2.81. The first-order valence-corrected chi connectivity index (χ1v) is 5.23. The van der Waals surface area contributed by atoms with Crippen LogP contribution in [0.1, 0.15) is 26.7 Å². The summed E-state index contributed by atoms with van der Waals surface area (Å²) in [5, 5.41) is 3.43. The molecule has 1 aliphatic heterocycles. The first-order chi connectivity index (χ1) is 6.24. The van der Waals surface area contributed by atoms with E-state index in [1.165, 1.54) is 12.0 Å². The van der Waals surface area contributed by atoms with E-state index in [0.29, 0.717) is 12.0 Å². The van der Waals surface area contributed by atoms with Gasteiger partial charge in [0.05, 0.1) is 6.10 Å². The summed E-state index contributed by atoms with van der Waals surface area (Å²) < 4.78 is 5.49. The molecule has 2 heteroatoms. The first kappa shape index (κ1) is 10.7. The molecule has 0 saturated carbocycles. The van der Waals surface area contributed by atoms with Crippen LogP contribution in [0.4, 0.5) is 0 Å². The SMILES string of the molecule is C=C(CC)CNCC1CCOC1C. The largest absolute Gasteiger partial charge is 0.378 e. The lowest BCUT2D eigenvalue weighted by Gasteiger charge is -2.14. The normalized spacial score (nSPS) is 27.8. The summed E-state index contributed by atoms with van der Waals surface area (Å²) in [4.78, 5) is 0. The molecule has 0 amide bonds. The summed E-state index contributed by atoms with van der Waals surface area (Å²) in [7, 11) is 0. The van der Waals surface area contributed by atoms with Crippen molar-refractivity contribution in [3.63, 3.8) is 0 Å². The Morgan fingerprint density at radius 3 is 2.92 bits per heavy atom. The monoisotopic (exact) mass is 183 g/mol. The summed E-state index contributed by atoms with van der Waals surface area (Å²) in [5.74, 6) is 0.699. The summed E-state index contributed by atoms with van der Waals surface area (Å²) in [6.45, 7) is 11.2. The fourth-order valence-electron chi connectivity index (χ4n) is 1.60. The van der Waals surface area contributed by atoms with Gasteiger partial charge < -0.3 is 10.1 Å². The third-order valence-electron chi connectivity index (χ3n) is 2.81. The molecule has 13 heavy (non-hydrogen) atoms. The Hall–Kier alpha value is -0.340. The highest BCUT2D eigenvalue weighted by Crippen LogP contribution is 2.19. The molecule has 1 rings (SSSR count). The first-order valence-electron chi connectivity index (χ1n) is 5.23. The van der Waals surface area contributed by atoms with Crippen molar-refractivity contribution < 1.29 is 4.74 Å². The van der Waals surface area contributed by atoms with Crippen LogP contribution >= 0.6 is 0 Å². The second kappa shape index (κ2) is 5.40. The quantitative estimate of drug-likeness (QED) is 0.658. The highest BCUT2D eigenvalue weighted by molar-refractivity contribution is 4.95. The van der Waals surface area contributed by atoms with E-state index in [9.17, 15) is 0 Å². The third kappa shape index (κ3) is 3.49. The van der Waals surface area contributed by atoms with Gasteiger partial charge >= 0.3 is 0 Å². The fourth-order valence-corrected chi connectivity index (χ4v) is 1.60. The minimum absolute atomic E-state index is 0.433. The molecule has 0 radical (unpaired) electrons. The van der Waals surface area contributed by atoms with Crippen molar-refractivity contribution in [2.45, 2.75) is 32.8 Å². The maximum atomic E-state index is 5.49. The van der Waals surface area contributed by atoms with Gasteiger partial charge in [-0.2, -0.15) is 0 Å². The lowest BCUT2D eigenvalue weighted by molar-refractivity contribution is 0.106. The molecule has 0 aromatic carbocycles. The van der Waals surface area contributed by atoms with E-state index in [2.05, 4.69) is 25.7 Å². The zero-order valence-corrected chi connectivity index (χ0v) is 8.81. The Bertz CT molecular complexity index is 167. The number of hydrogen-bond donors (Lipinski definition) is 1. The zero-order valence-electron chi connectivity index (χ0n) is 8.81. The van der Waals surface area contributed by atoms with Crippen LogP contribution in [0.25, 0.3) is 0 Å². The summed E-state index contributed by atoms with van der Waals surface area (Å²) in [6.07, 6.45) is 2.71. The maximum Gasteiger partial charge on any atom is 0.0588 e. The van der Waals surface area contributed by atoms with Crippen molar-refractivity contribution >= 4 is 0 Å². The van der Waals surface area contributed by atoms with E-state index in [0.717, 1.165) is 26.1 Å².